The smallest absolute Gasteiger partial charge is 0.0717 e. The van der Waals surface area contributed by atoms with E-state index in [2.05, 4.69) is 40.0 Å². The van der Waals surface area contributed by atoms with Gasteiger partial charge >= 0.3 is 0 Å². The van der Waals surface area contributed by atoms with Crippen LogP contribution >= 0.6 is 11.6 Å². The van der Waals surface area contributed by atoms with Gasteiger partial charge < -0.3 is 9.88 Å². The van der Waals surface area contributed by atoms with Gasteiger partial charge in [-0.2, -0.15) is 0 Å². The first-order valence-corrected chi connectivity index (χ1v) is 8.55. The van der Waals surface area contributed by atoms with Gasteiger partial charge in [-0.1, -0.05) is 11.6 Å². The first-order chi connectivity index (χ1) is 11.3. The lowest BCUT2D eigenvalue weighted by Crippen LogP contribution is -2.26. The van der Waals surface area contributed by atoms with Crippen molar-refractivity contribution < 1.29 is 0 Å². The lowest BCUT2D eigenvalue weighted by molar-refractivity contribution is 0.460. The molecule has 0 atom stereocenters. The van der Waals surface area contributed by atoms with Crippen molar-refractivity contribution in [3.8, 4) is 5.69 Å². The maximum atomic E-state index is 6.06. The first kappa shape index (κ1) is 14.7. The zero-order valence-electron chi connectivity index (χ0n) is 13.2. The Balaban J connectivity index is 1.94. The highest BCUT2D eigenvalue weighted by Crippen LogP contribution is 2.37. The Kier molecular flexibility index (Phi) is 3.83. The summed E-state index contributed by atoms with van der Waals surface area (Å²) in [6.45, 7) is 4.43. The first-order valence-electron chi connectivity index (χ1n) is 8.17. The van der Waals surface area contributed by atoms with Crippen LogP contribution < -0.4 is 5.32 Å². The molecule has 3 aromatic rings. The number of halogens is 1. The van der Waals surface area contributed by atoms with Crippen molar-refractivity contribution in [3.05, 3.63) is 59.0 Å². The van der Waals surface area contributed by atoms with Gasteiger partial charge in [-0.05, 0) is 74.7 Å². The quantitative estimate of drug-likeness (QED) is 0.754. The monoisotopic (exact) mass is 325 g/mol. The van der Waals surface area contributed by atoms with Crippen molar-refractivity contribution in [2.45, 2.75) is 25.7 Å². The largest absolute Gasteiger partial charge is 0.317 e. The van der Waals surface area contributed by atoms with Crippen LogP contribution in [0, 0.1) is 6.92 Å². The molecule has 1 aliphatic rings. The molecule has 1 aromatic carbocycles. The second kappa shape index (κ2) is 5.99. The molecule has 0 saturated carbocycles. The van der Waals surface area contributed by atoms with Crippen molar-refractivity contribution in [1.29, 1.82) is 0 Å². The van der Waals surface area contributed by atoms with Gasteiger partial charge in [0.25, 0.3) is 0 Å². The van der Waals surface area contributed by atoms with Gasteiger partial charge in [0.15, 0.2) is 0 Å². The minimum atomic E-state index is 0.620. The number of rotatable bonds is 2. The molecular formula is C19H20ClN3. The van der Waals surface area contributed by atoms with Crippen LogP contribution in [0.5, 0.6) is 0 Å². The number of hydrogen-bond acceptors (Lipinski definition) is 2. The van der Waals surface area contributed by atoms with Crippen LogP contribution in [-0.2, 0) is 0 Å². The molecule has 0 bridgehead atoms. The summed E-state index contributed by atoms with van der Waals surface area (Å²) in [4.78, 5) is 4.36. The predicted molar refractivity (Wildman–Crippen MR) is 95.7 cm³/mol. The number of aromatic nitrogens is 2. The van der Waals surface area contributed by atoms with E-state index >= 15 is 0 Å². The van der Waals surface area contributed by atoms with Crippen LogP contribution in [0.3, 0.4) is 0 Å². The van der Waals surface area contributed by atoms with Crippen molar-refractivity contribution >= 4 is 22.5 Å². The third-order valence-electron chi connectivity index (χ3n) is 4.89. The summed E-state index contributed by atoms with van der Waals surface area (Å²) in [5.74, 6) is 0.620. The molecule has 3 heterocycles. The second-order valence-electron chi connectivity index (χ2n) is 6.23. The van der Waals surface area contributed by atoms with Crippen molar-refractivity contribution in [1.82, 2.24) is 14.9 Å². The Morgan fingerprint density at radius 2 is 1.87 bits per heavy atom. The lowest BCUT2D eigenvalue weighted by Gasteiger charge is -2.23. The number of nitrogens with one attached hydrogen (secondary N) is 1. The Bertz CT molecular complexity index is 830. The molecule has 1 saturated heterocycles. The number of pyridine rings is 1. The van der Waals surface area contributed by atoms with E-state index in [4.69, 9.17) is 11.6 Å². The van der Waals surface area contributed by atoms with Crippen molar-refractivity contribution in [2.75, 3.05) is 13.1 Å². The molecule has 0 aliphatic carbocycles. The van der Waals surface area contributed by atoms with Gasteiger partial charge in [0, 0.05) is 28.0 Å². The zero-order valence-corrected chi connectivity index (χ0v) is 14.0. The van der Waals surface area contributed by atoms with Gasteiger partial charge in [0.2, 0.25) is 0 Å². The summed E-state index contributed by atoms with van der Waals surface area (Å²) >= 11 is 6.06. The van der Waals surface area contributed by atoms with E-state index in [-0.39, 0.29) is 0 Å². The minimum Gasteiger partial charge on any atom is -0.317 e. The van der Waals surface area contributed by atoms with Gasteiger partial charge in [-0.15, -0.1) is 0 Å². The summed E-state index contributed by atoms with van der Waals surface area (Å²) in [6.07, 6.45) is 6.27. The fourth-order valence-corrected chi connectivity index (χ4v) is 3.96. The van der Waals surface area contributed by atoms with Gasteiger partial charge in [0.1, 0.15) is 0 Å². The van der Waals surface area contributed by atoms with Crippen LogP contribution in [0.25, 0.3) is 16.6 Å². The Hall–Kier alpha value is -1.84. The van der Waals surface area contributed by atoms with Gasteiger partial charge in [0.05, 0.1) is 11.7 Å². The minimum absolute atomic E-state index is 0.620. The van der Waals surface area contributed by atoms with E-state index in [1.165, 1.54) is 35.0 Å². The molecule has 118 valence electrons. The number of nitrogens with zero attached hydrogens (tertiary/aromatic N) is 2. The molecule has 23 heavy (non-hydrogen) atoms. The second-order valence-corrected chi connectivity index (χ2v) is 6.66. The van der Waals surface area contributed by atoms with Crippen LogP contribution in [0.1, 0.15) is 30.0 Å². The highest BCUT2D eigenvalue weighted by molar-refractivity contribution is 6.30. The molecule has 4 rings (SSSR count). The van der Waals surface area contributed by atoms with Crippen molar-refractivity contribution in [3.63, 3.8) is 0 Å². The van der Waals surface area contributed by atoms with E-state index in [0.29, 0.717) is 5.92 Å². The van der Waals surface area contributed by atoms with Crippen LogP contribution in [0.15, 0.2) is 42.7 Å². The highest BCUT2D eigenvalue weighted by Gasteiger charge is 2.23. The molecule has 4 heteroatoms. The van der Waals surface area contributed by atoms with Crippen LogP contribution in [-0.4, -0.2) is 22.6 Å². The summed E-state index contributed by atoms with van der Waals surface area (Å²) in [7, 11) is 0. The standard InChI is InChI=1S/C19H20ClN3/c1-13-19(14-6-9-21-10-7-14)17-8-11-22-12-18(17)23(13)16-4-2-15(20)3-5-16/h2-5,8,11-12,14,21H,6-7,9-10H2,1H3. The van der Waals surface area contributed by atoms with E-state index in [9.17, 15) is 0 Å². The van der Waals surface area contributed by atoms with Crippen LogP contribution in [0.2, 0.25) is 5.02 Å². The molecule has 3 nitrogen and oxygen atoms in total. The molecule has 0 amide bonds. The molecule has 0 radical (unpaired) electrons. The van der Waals surface area contributed by atoms with E-state index < -0.39 is 0 Å². The molecular weight excluding hydrogens is 306 g/mol. The number of benzene rings is 1. The molecule has 0 unspecified atom stereocenters. The Morgan fingerprint density at radius 1 is 1.13 bits per heavy atom. The topological polar surface area (TPSA) is 29.9 Å². The zero-order chi connectivity index (χ0) is 15.8. The maximum Gasteiger partial charge on any atom is 0.0717 e. The summed E-state index contributed by atoms with van der Waals surface area (Å²) in [6, 6.07) is 10.2. The fraction of sp³-hybridized carbons (Fsp3) is 0.316. The fourth-order valence-electron chi connectivity index (χ4n) is 3.84. The van der Waals surface area contributed by atoms with Gasteiger partial charge in [-0.25, -0.2) is 0 Å². The highest BCUT2D eigenvalue weighted by atomic mass is 35.5. The summed E-state index contributed by atoms with van der Waals surface area (Å²) < 4.78 is 2.32. The predicted octanol–water partition coefficient (Wildman–Crippen LogP) is 4.45. The van der Waals surface area contributed by atoms with Gasteiger partial charge in [-0.3, -0.25) is 4.98 Å². The average molecular weight is 326 g/mol. The SMILES string of the molecule is Cc1c(C2CCNCC2)c2ccncc2n1-c1ccc(Cl)cc1. The normalized spacial score (nSPS) is 16.1. The molecule has 1 fully saturated rings. The van der Waals surface area contributed by atoms with E-state index in [0.717, 1.165) is 23.8 Å². The Morgan fingerprint density at radius 3 is 2.61 bits per heavy atom. The molecule has 2 aromatic heterocycles. The summed E-state index contributed by atoms with van der Waals surface area (Å²) in [5, 5.41) is 5.56. The van der Waals surface area contributed by atoms with E-state index in [1.54, 1.807) is 0 Å². The van der Waals surface area contributed by atoms with Crippen LogP contribution in [0.4, 0.5) is 0 Å². The maximum absolute atomic E-state index is 6.06. The number of fused-ring (bicyclic) bond motifs is 1. The summed E-state index contributed by atoms with van der Waals surface area (Å²) in [5.41, 5.74) is 5.13. The molecule has 1 N–H and O–H groups in total. The molecule has 0 spiro atoms. The number of hydrogen-bond donors (Lipinski definition) is 1. The average Bonchev–Trinajstić information content (AvgIpc) is 2.88. The van der Waals surface area contributed by atoms with E-state index in [1.807, 2.05) is 24.5 Å². The Labute approximate surface area is 141 Å². The third-order valence-corrected chi connectivity index (χ3v) is 5.14. The lowest BCUT2D eigenvalue weighted by atomic mass is 9.88. The third kappa shape index (κ3) is 2.54. The van der Waals surface area contributed by atoms with Crippen molar-refractivity contribution in [2.24, 2.45) is 0 Å². The molecule has 1 aliphatic heterocycles. The number of piperidine rings is 1.